The lowest BCUT2D eigenvalue weighted by atomic mass is 10.1. The van der Waals surface area contributed by atoms with Gasteiger partial charge in [-0.25, -0.2) is 19.5 Å². The Labute approximate surface area is 152 Å². The van der Waals surface area contributed by atoms with Crippen molar-refractivity contribution in [2.75, 3.05) is 6.61 Å². The average Bonchev–Trinajstić information content (AvgIpc) is 3.24. The van der Waals surface area contributed by atoms with E-state index < -0.39 is 23.5 Å². The zero-order valence-corrected chi connectivity index (χ0v) is 14.5. The molecular weight excluding hydrogens is 360 g/mol. The van der Waals surface area contributed by atoms with Gasteiger partial charge in [-0.05, 0) is 25.5 Å². The van der Waals surface area contributed by atoms with Crippen LogP contribution in [0.2, 0.25) is 0 Å². The standard InChI is InChI=1S/C16H14N4O5S/c1-9-2-3-10(7-17)14(19-9)26-13(12-4-5-18-25-12)6-11-8-24-16(23)20(11)15(21)22/h2-5,11,13H,6,8H2,1H3,(H,21,22)/t11-,13?/m0/s1. The average molecular weight is 374 g/mol. The fourth-order valence-corrected chi connectivity index (χ4v) is 3.84. The molecule has 1 unspecified atom stereocenters. The number of hydrogen-bond donors (Lipinski definition) is 1. The Morgan fingerprint density at radius 3 is 3.00 bits per heavy atom. The van der Waals surface area contributed by atoms with Gasteiger partial charge in [0.25, 0.3) is 0 Å². The first-order valence-electron chi connectivity index (χ1n) is 7.63. The van der Waals surface area contributed by atoms with E-state index in [4.69, 9.17) is 9.26 Å². The van der Waals surface area contributed by atoms with Crippen molar-refractivity contribution in [3.8, 4) is 6.07 Å². The molecule has 1 aliphatic rings. The Morgan fingerprint density at radius 2 is 2.35 bits per heavy atom. The Balaban J connectivity index is 1.88. The molecule has 2 aromatic heterocycles. The van der Waals surface area contributed by atoms with Crippen molar-refractivity contribution in [1.82, 2.24) is 15.0 Å². The van der Waals surface area contributed by atoms with Crippen LogP contribution in [-0.2, 0) is 4.74 Å². The summed E-state index contributed by atoms with van der Waals surface area (Å²) in [5.41, 5.74) is 1.15. The lowest BCUT2D eigenvalue weighted by Gasteiger charge is -2.21. The highest BCUT2D eigenvalue weighted by Gasteiger charge is 2.40. The van der Waals surface area contributed by atoms with Gasteiger partial charge < -0.3 is 14.4 Å². The molecule has 10 heteroatoms. The maximum absolute atomic E-state index is 11.6. The molecule has 0 saturated carbocycles. The van der Waals surface area contributed by atoms with Crippen LogP contribution in [0.3, 0.4) is 0 Å². The minimum absolute atomic E-state index is 0.0390. The number of aryl methyl sites for hydroxylation is 1. The van der Waals surface area contributed by atoms with Crippen LogP contribution in [0, 0.1) is 18.3 Å². The third-order valence-corrected chi connectivity index (χ3v) is 5.05. The van der Waals surface area contributed by atoms with E-state index in [2.05, 4.69) is 16.2 Å². The maximum Gasteiger partial charge on any atom is 0.419 e. The second-order valence-electron chi connectivity index (χ2n) is 5.56. The van der Waals surface area contributed by atoms with Gasteiger partial charge in [0.2, 0.25) is 0 Å². The van der Waals surface area contributed by atoms with Gasteiger partial charge in [0.1, 0.15) is 23.5 Å². The van der Waals surface area contributed by atoms with E-state index in [1.807, 2.05) is 6.92 Å². The molecule has 0 spiro atoms. The number of nitriles is 1. The number of carboxylic acid groups (broad SMARTS) is 1. The molecule has 0 aromatic carbocycles. The summed E-state index contributed by atoms with van der Waals surface area (Å²) in [6, 6.07) is 6.49. The highest BCUT2D eigenvalue weighted by atomic mass is 32.2. The van der Waals surface area contributed by atoms with Gasteiger partial charge in [0.05, 0.1) is 23.1 Å². The molecule has 9 nitrogen and oxygen atoms in total. The van der Waals surface area contributed by atoms with E-state index >= 15 is 0 Å². The number of thioether (sulfide) groups is 1. The monoisotopic (exact) mass is 374 g/mol. The molecule has 3 rings (SSSR count). The number of rotatable bonds is 5. The first-order chi connectivity index (χ1) is 12.5. The Morgan fingerprint density at radius 1 is 1.54 bits per heavy atom. The van der Waals surface area contributed by atoms with Crippen molar-refractivity contribution in [2.45, 2.75) is 29.7 Å². The van der Waals surface area contributed by atoms with Gasteiger partial charge in [-0.15, -0.1) is 0 Å². The summed E-state index contributed by atoms with van der Waals surface area (Å²) in [4.78, 5) is 28.0. The van der Waals surface area contributed by atoms with Gasteiger partial charge in [0, 0.05) is 11.8 Å². The van der Waals surface area contributed by atoms with Crippen LogP contribution >= 0.6 is 11.8 Å². The quantitative estimate of drug-likeness (QED) is 0.785. The zero-order chi connectivity index (χ0) is 18.7. The number of nitrogens with zero attached hydrogens (tertiary/aromatic N) is 4. The van der Waals surface area contributed by atoms with Crippen LogP contribution in [0.25, 0.3) is 0 Å². The molecule has 134 valence electrons. The van der Waals surface area contributed by atoms with Crippen LogP contribution in [0.4, 0.5) is 9.59 Å². The molecule has 1 fully saturated rings. The molecule has 1 aliphatic heterocycles. The van der Waals surface area contributed by atoms with Gasteiger partial charge in [-0.2, -0.15) is 5.26 Å². The van der Waals surface area contributed by atoms with Gasteiger partial charge in [-0.1, -0.05) is 16.9 Å². The third kappa shape index (κ3) is 3.62. The van der Waals surface area contributed by atoms with Crippen LogP contribution in [0.15, 0.2) is 33.9 Å². The molecule has 0 aliphatic carbocycles. The topological polar surface area (TPSA) is 130 Å². The highest BCUT2D eigenvalue weighted by molar-refractivity contribution is 7.99. The predicted octanol–water partition coefficient (Wildman–Crippen LogP) is 2.97. The van der Waals surface area contributed by atoms with Crippen molar-refractivity contribution >= 4 is 23.9 Å². The number of cyclic esters (lactones) is 1. The molecule has 0 radical (unpaired) electrons. The molecule has 1 saturated heterocycles. The molecule has 3 heterocycles. The van der Waals surface area contributed by atoms with E-state index in [1.54, 1.807) is 18.2 Å². The zero-order valence-electron chi connectivity index (χ0n) is 13.7. The smallest absolute Gasteiger partial charge is 0.419 e. The van der Waals surface area contributed by atoms with Crippen molar-refractivity contribution in [2.24, 2.45) is 0 Å². The number of amides is 2. The predicted molar refractivity (Wildman–Crippen MR) is 88.4 cm³/mol. The Kier molecular flexibility index (Phi) is 5.09. The molecule has 26 heavy (non-hydrogen) atoms. The number of aromatic nitrogens is 2. The molecule has 2 aromatic rings. The lowest BCUT2D eigenvalue weighted by Crippen LogP contribution is -2.38. The van der Waals surface area contributed by atoms with E-state index in [-0.39, 0.29) is 13.0 Å². The van der Waals surface area contributed by atoms with Crippen molar-refractivity contribution < 1.29 is 24.0 Å². The fraction of sp³-hybridized carbons (Fsp3) is 0.312. The van der Waals surface area contributed by atoms with Crippen LogP contribution in [-0.4, -0.2) is 45.0 Å². The number of hydrogen-bond acceptors (Lipinski definition) is 8. The van der Waals surface area contributed by atoms with Gasteiger partial charge in [0.15, 0.2) is 0 Å². The summed E-state index contributed by atoms with van der Waals surface area (Å²) in [6.45, 7) is 1.77. The van der Waals surface area contributed by atoms with E-state index in [9.17, 15) is 20.0 Å². The highest BCUT2D eigenvalue weighted by Crippen LogP contribution is 2.40. The summed E-state index contributed by atoms with van der Waals surface area (Å²) < 4.78 is 10.1. The fourth-order valence-electron chi connectivity index (χ4n) is 2.57. The lowest BCUT2D eigenvalue weighted by molar-refractivity contribution is 0.135. The number of imide groups is 1. The van der Waals surface area contributed by atoms with Crippen molar-refractivity contribution in [1.29, 1.82) is 5.26 Å². The Hall–Kier alpha value is -3.06. The number of carbonyl (C=O) groups excluding carboxylic acids is 1. The molecule has 2 amide bonds. The number of carbonyl (C=O) groups is 2. The van der Waals surface area contributed by atoms with E-state index in [0.29, 0.717) is 21.2 Å². The van der Waals surface area contributed by atoms with Gasteiger partial charge in [-0.3, -0.25) is 0 Å². The second-order valence-corrected chi connectivity index (χ2v) is 6.75. The molecule has 2 atom stereocenters. The third-order valence-electron chi connectivity index (χ3n) is 3.80. The summed E-state index contributed by atoms with van der Waals surface area (Å²) in [7, 11) is 0. The maximum atomic E-state index is 11.6. The van der Waals surface area contributed by atoms with E-state index in [0.717, 1.165) is 5.69 Å². The summed E-state index contributed by atoms with van der Waals surface area (Å²) >= 11 is 1.26. The van der Waals surface area contributed by atoms with Crippen LogP contribution in [0.1, 0.15) is 28.7 Å². The molecule has 1 N–H and O–H groups in total. The minimum atomic E-state index is -1.37. The van der Waals surface area contributed by atoms with Crippen molar-refractivity contribution in [3.05, 3.63) is 41.4 Å². The van der Waals surface area contributed by atoms with Crippen molar-refractivity contribution in [3.63, 3.8) is 0 Å². The summed E-state index contributed by atoms with van der Waals surface area (Å²) in [5.74, 6) is 0.492. The number of ether oxygens (including phenoxy) is 1. The SMILES string of the molecule is Cc1ccc(C#N)c(SC(C[C@H]2COC(=O)N2C(=O)O)c2ccno2)n1. The number of pyridine rings is 1. The van der Waals surface area contributed by atoms with E-state index in [1.165, 1.54) is 18.0 Å². The summed E-state index contributed by atoms with van der Waals surface area (Å²) in [6.07, 6.45) is -0.554. The van der Waals surface area contributed by atoms with Crippen LogP contribution in [0.5, 0.6) is 0 Å². The first kappa shape index (κ1) is 17.8. The van der Waals surface area contributed by atoms with Gasteiger partial charge >= 0.3 is 12.2 Å². The largest absolute Gasteiger partial charge is 0.465 e. The Bertz CT molecular complexity index is 864. The second kappa shape index (κ2) is 7.45. The normalized spacial score (nSPS) is 17.6. The molecule has 0 bridgehead atoms. The molecular formula is C16H14N4O5S. The first-order valence-corrected chi connectivity index (χ1v) is 8.51. The minimum Gasteiger partial charge on any atom is -0.465 e. The summed E-state index contributed by atoms with van der Waals surface area (Å²) in [5, 5.41) is 22.3. The van der Waals surface area contributed by atoms with Crippen LogP contribution < -0.4 is 0 Å².